The van der Waals surface area contributed by atoms with E-state index in [0.29, 0.717) is 12.2 Å². The van der Waals surface area contributed by atoms with Crippen LogP contribution in [0.2, 0.25) is 0 Å². The molecule has 2 aromatic carbocycles. The Labute approximate surface area is 139 Å². The molecule has 0 aliphatic heterocycles. The predicted octanol–water partition coefficient (Wildman–Crippen LogP) is 3.17. The number of carboxylic acid groups (broad SMARTS) is 1. The number of hydrogen-bond acceptors (Lipinski definition) is 3. The molecule has 0 radical (unpaired) electrons. The van der Waals surface area contributed by atoms with Crippen LogP contribution < -0.4 is 5.32 Å². The van der Waals surface area contributed by atoms with Gasteiger partial charge in [-0.15, -0.1) is 0 Å². The third kappa shape index (κ3) is 3.25. The van der Waals surface area contributed by atoms with Gasteiger partial charge < -0.3 is 10.4 Å². The average molecular weight is 320 g/mol. The lowest BCUT2D eigenvalue weighted by atomic mass is 10.1. The van der Waals surface area contributed by atoms with Gasteiger partial charge in [0.2, 0.25) is 0 Å². The summed E-state index contributed by atoms with van der Waals surface area (Å²) in [6.07, 6.45) is 0. The van der Waals surface area contributed by atoms with Crippen LogP contribution in [0.1, 0.15) is 32.1 Å². The van der Waals surface area contributed by atoms with Crippen molar-refractivity contribution in [1.82, 2.24) is 10.3 Å². The zero-order chi connectivity index (χ0) is 17.1. The molecule has 1 amide bonds. The summed E-state index contributed by atoms with van der Waals surface area (Å²) in [6.45, 7) is 2.16. The van der Waals surface area contributed by atoms with Gasteiger partial charge in [-0.1, -0.05) is 36.4 Å². The van der Waals surface area contributed by atoms with Gasteiger partial charge in [-0.25, -0.2) is 9.78 Å². The molecule has 0 bridgehead atoms. The Balaban J connectivity index is 1.79. The van der Waals surface area contributed by atoms with Gasteiger partial charge in [-0.2, -0.15) is 0 Å². The first-order chi connectivity index (χ1) is 11.5. The van der Waals surface area contributed by atoms with E-state index in [-0.39, 0.29) is 11.5 Å². The van der Waals surface area contributed by atoms with Gasteiger partial charge in [0.15, 0.2) is 0 Å². The number of carbonyl (C=O) groups excluding carboxylic acids is 1. The van der Waals surface area contributed by atoms with Crippen molar-refractivity contribution in [3.05, 3.63) is 77.1 Å². The molecule has 120 valence electrons. The van der Waals surface area contributed by atoms with Crippen LogP contribution in [0, 0.1) is 6.92 Å². The number of aromatic carboxylic acids is 1. The van der Waals surface area contributed by atoms with E-state index in [2.05, 4.69) is 10.3 Å². The van der Waals surface area contributed by atoms with E-state index in [0.717, 1.165) is 22.0 Å². The third-order valence-corrected chi connectivity index (χ3v) is 3.74. The zero-order valence-corrected chi connectivity index (χ0v) is 13.1. The van der Waals surface area contributed by atoms with Gasteiger partial charge in [0.1, 0.15) is 5.69 Å². The molecule has 0 atom stereocenters. The fraction of sp³-hybridized carbons (Fsp3) is 0.105. The number of carboxylic acids is 1. The number of fused-ring (bicyclic) bond motifs is 1. The zero-order valence-electron chi connectivity index (χ0n) is 13.1. The van der Waals surface area contributed by atoms with Crippen molar-refractivity contribution >= 4 is 22.6 Å². The van der Waals surface area contributed by atoms with E-state index in [1.165, 1.54) is 12.1 Å². The highest BCUT2D eigenvalue weighted by Crippen LogP contribution is 2.18. The third-order valence-electron chi connectivity index (χ3n) is 3.74. The van der Waals surface area contributed by atoms with Gasteiger partial charge in [-0.3, -0.25) is 4.79 Å². The lowest BCUT2D eigenvalue weighted by Gasteiger charge is -2.09. The van der Waals surface area contributed by atoms with Crippen LogP contribution >= 0.6 is 0 Å². The molecule has 3 aromatic rings. The molecule has 2 N–H and O–H groups in total. The van der Waals surface area contributed by atoms with Crippen LogP contribution in [0.15, 0.2) is 54.6 Å². The molecule has 0 spiro atoms. The number of rotatable bonds is 4. The molecule has 24 heavy (non-hydrogen) atoms. The van der Waals surface area contributed by atoms with E-state index < -0.39 is 5.97 Å². The molecule has 0 saturated heterocycles. The summed E-state index contributed by atoms with van der Waals surface area (Å²) in [5.74, 6) is -1.22. The van der Waals surface area contributed by atoms with Gasteiger partial charge in [-0.05, 0) is 36.1 Å². The minimum atomic E-state index is -0.971. The highest BCUT2D eigenvalue weighted by molar-refractivity contribution is 6.05. The molecule has 0 unspecified atom stereocenters. The molecule has 1 heterocycles. The number of aromatic nitrogens is 1. The molecule has 1 aromatic heterocycles. The maximum Gasteiger partial charge on any atom is 0.335 e. The summed E-state index contributed by atoms with van der Waals surface area (Å²) in [5, 5.41) is 13.5. The first-order valence-electron chi connectivity index (χ1n) is 7.51. The number of carbonyl (C=O) groups is 2. The molecule has 5 heteroatoms. The van der Waals surface area contributed by atoms with Crippen molar-refractivity contribution < 1.29 is 14.7 Å². The van der Waals surface area contributed by atoms with Crippen molar-refractivity contribution in [3.63, 3.8) is 0 Å². The van der Waals surface area contributed by atoms with Crippen LogP contribution in [0.4, 0.5) is 0 Å². The Hall–Kier alpha value is -3.21. The first kappa shape index (κ1) is 15.7. The predicted molar refractivity (Wildman–Crippen MR) is 91.1 cm³/mol. The Morgan fingerprint density at radius 3 is 2.50 bits per heavy atom. The molecule has 0 aliphatic carbocycles. The molecule has 3 rings (SSSR count). The molecular formula is C19H16N2O3. The topological polar surface area (TPSA) is 79.3 Å². The van der Waals surface area contributed by atoms with Crippen LogP contribution in [0.5, 0.6) is 0 Å². The molecule has 5 nitrogen and oxygen atoms in total. The second-order valence-electron chi connectivity index (χ2n) is 5.52. The Bertz CT molecular complexity index is 918. The quantitative estimate of drug-likeness (QED) is 0.774. The van der Waals surface area contributed by atoms with Crippen molar-refractivity contribution in [2.75, 3.05) is 0 Å². The standard InChI is InChI=1S/C19H16N2O3/c1-12-10-15-4-2-3-5-16(15)17(21-12)18(22)20-11-13-6-8-14(9-7-13)19(23)24/h2-10H,11H2,1H3,(H,20,22)(H,23,24). The average Bonchev–Trinajstić information content (AvgIpc) is 2.59. The Morgan fingerprint density at radius 2 is 1.79 bits per heavy atom. The molecule has 0 fully saturated rings. The lowest BCUT2D eigenvalue weighted by Crippen LogP contribution is -2.24. The highest BCUT2D eigenvalue weighted by Gasteiger charge is 2.12. The Morgan fingerprint density at radius 1 is 1.08 bits per heavy atom. The van der Waals surface area contributed by atoms with Crippen LogP contribution in [-0.4, -0.2) is 22.0 Å². The normalized spacial score (nSPS) is 10.5. The second-order valence-corrected chi connectivity index (χ2v) is 5.52. The largest absolute Gasteiger partial charge is 0.478 e. The summed E-state index contributed by atoms with van der Waals surface area (Å²) >= 11 is 0. The fourth-order valence-corrected chi connectivity index (χ4v) is 2.54. The monoisotopic (exact) mass is 320 g/mol. The van der Waals surface area contributed by atoms with Gasteiger partial charge in [0, 0.05) is 17.6 Å². The second kappa shape index (κ2) is 6.50. The van der Waals surface area contributed by atoms with Gasteiger partial charge >= 0.3 is 5.97 Å². The minimum absolute atomic E-state index is 0.219. The van der Waals surface area contributed by atoms with E-state index in [9.17, 15) is 9.59 Å². The number of hydrogen-bond donors (Lipinski definition) is 2. The first-order valence-corrected chi connectivity index (χ1v) is 7.51. The van der Waals surface area contributed by atoms with E-state index in [1.807, 2.05) is 37.3 Å². The number of nitrogens with zero attached hydrogens (tertiary/aromatic N) is 1. The van der Waals surface area contributed by atoms with Crippen molar-refractivity contribution in [2.24, 2.45) is 0 Å². The molecule has 0 saturated carbocycles. The number of nitrogens with one attached hydrogen (secondary N) is 1. The smallest absolute Gasteiger partial charge is 0.335 e. The number of pyridine rings is 1. The summed E-state index contributed by atoms with van der Waals surface area (Å²) in [7, 11) is 0. The summed E-state index contributed by atoms with van der Waals surface area (Å²) in [6, 6.07) is 16.0. The molecule has 0 aliphatic rings. The van der Waals surface area contributed by atoms with Crippen LogP contribution in [0.3, 0.4) is 0 Å². The number of aryl methyl sites for hydroxylation is 1. The highest BCUT2D eigenvalue weighted by atomic mass is 16.4. The van der Waals surface area contributed by atoms with Gasteiger partial charge in [0.05, 0.1) is 5.56 Å². The van der Waals surface area contributed by atoms with E-state index in [1.54, 1.807) is 12.1 Å². The maximum atomic E-state index is 12.5. The van der Waals surface area contributed by atoms with Crippen molar-refractivity contribution in [1.29, 1.82) is 0 Å². The van der Waals surface area contributed by atoms with Gasteiger partial charge in [0.25, 0.3) is 5.91 Å². The van der Waals surface area contributed by atoms with Crippen molar-refractivity contribution in [3.8, 4) is 0 Å². The Kier molecular flexibility index (Phi) is 4.24. The maximum absolute atomic E-state index is 12.5. The number of benzene rings is 2. The lowest BCUT2D eigenvalue weighted by molar-refractivity contribution is 0.0696. The summed E-state index contributed by atoms with van der Waals surface area (Å²) in [5.41, 5.74) is 2.22. The molecular weight excluding hydrogens is 304 g/mol. The summed E-state index contributed by atoms with van der Waals surface area (Å²) < 4.78 is 0. The summed E-state index contributed by atoms with van der Waals surface area (Å²) in [4.78, 5) is 27.7. The van der Waals surface area contributed by atoms with Crippen molar-refractivity contribution in [2.45, 2.75) is 13.5 Å². The van der Waals surface area contributed by atoms with E-state index in [4.69, 9.17) is 5.11 Å². The fourth-order valence-electron chi connectivity index (χ4n) is 2.54. The SMILES string of the molecule is Cc1cc2ccccc2c(C(=O)NCc2ccc(C(=O)O)cc2)n1. The van der Waals surface area contributed by atoms with Crippen LogP contribution in [-0.2, 0) is 6.54 Å². The van der Waals surface area contributed by atoms with E-state index >= 15 is 0 Å². The van der Waals surface area contributed by atoms with Crippen LogP contribution in [0.25, 0.3) is 10.8 Å². The number of amides is 1. The minimum Gasteiger partial charge on any atom is -0.478 e.